The zero-order chi connectivity index (χ0) is 27.2. The molecule has 0 saturated carbocycles. The van der Waals surface area contributed by atoms with Gasteiger partial charge in [-0.1, -0.05) is 66.7 Å². The third-order valence-electron chi connectivity index (χ3n) is 5.87. The molecule has 1 aromatic heterocycles. The lowest BCUT2D eigenvalue weighted by Gasteiger charge is -2.17. The normalized spacial score (nSPS) is 11.5. The van der Waals surface area contributed by atoms with Gasteiger partial charge in [0.15, 0.2) is 5.13 Å². The fourth-order valence-corrected chi connectivity index (χ4v) is 5.90. The number of hydrogen-bond donors (Lipinski definition) is 2. The van der Waals surface area contributed by atoms with Crippen LogP contribution in [-0.2, 0) is 4.79 Å². The molecular weight excluding hydrogens is 529 g/mol. The van der Waals surface area contributed by atoms with Crippen molar-refractivity contribution in [2.24, 2.45) is 0 Å². The lowest BCUT2D eigenvalue weighted by atomic mass is 10.1. The second-order valence-corrected chi connectivity index (χ2v) is 11.1. The molecule has 194 valence electrons. The zero-order valence-electron chi connectivity index (χ0n) is 20.9. The Morgan fingerprint density at radius 1 is 0.846 bits per heavy atom. The number of nitrogens with zero attached hydrogens (tertiary/aromatic N) is 1. The number of carbonyl (C=O) groups is 2. The van der Waals surface area contributed by atoms with E-state index in [2.05, 4.69) is 10.6 Å². The van der Waals surface area contributed by atoms with Crippen molar-refractivity contribution in [1.29, 1.82) is 0 Å². The first-order valence-corrected chi connectivity index (χ1v) is 13.9. The number of nitrogens with one attached hydrogen (secondary N) is 2. The van der Waals surface area contributed by atoms with Crippen LogP contribution < -0.4 is 10.6 Å². The molecule has 2 N–H and O–H groups in total. The van der Waals surface area contributed by atoms with E-state index in [1.807, 2.05) is 85.8 Å². The van der Waals surface area contributed by atoms with Gasteiger partial charge in [0.25, 0.3) is 5.91 Å². The molecule has 0 bridgehead atoms. The van der Waals surface area contributed by atoms with E-state index in [1.54, 1.807) is 6.07 Å². The predicted octanol–water partition coefficient (Wildman–Crippen LogP) is 7.98. The Balaban J connectivity index is 1.35. The Morgan fingerprint density at radius 3 is 2.26 bits per heavy atom. The number of aryl methyl sites for hydroxylation is 1. The summed E-state index contributed by atoms with van der Waals surface area (Å²) in [5.74, 6) is -0.942. The van der Waals surface area contributed by atoms with Gasteiger partial charge >= 0.3 is 0 Å². The van der Waals surface area contributed by atoms with Gasteiger partial charge in [-0.05, 0) is 55.0 Å². The molecule has 0 aliphatic carbocycles. The molecule has 5 rings (SSSR count). The van der Waals surface area contributed by atoms with Crippen LogP contribution in [0.25, 0.3) is 11.3 Å². The highest BCUT2D eigenvalue weighted by Gasteiger charge is 2.24. The van der Waals surface area contributed by atoms with Crippen LogP contribution in [0.2, 0.25) is 0 Å². The Labute approximate surface area is 234 Å². The minimum absolute atomic E-state index is 0.194. The Bertz CT molecular complexity index is 1590. The molecule has 5 nitrogen and oxygen atoms in total. The molecule has 1 unspecified atom stereocenters. The number of carbonyl (C=O) groups excluding carboxylic acids is 2. The van der Waals surface area contributed by atoms with E-state index in [9.17, 15) is 14.0 Å². The van der Waals surface area contributed by atoms with Crippen LogP contribution >= 0.6 is 23.1 Å². The van der Waals surface area contributed by atoms with Crippen LogP contribution in [0.1, 0.15) is 26.0 Å². The minimum Gasteiger partial charge on any atom is -0.322 e. The van der Waals surface area contributed by atoms with Crippen molar-refractivity contribution < 1.29 is 14.0 Å². The molecule has 0 spiro atoms. The molecule has 0 fully saturated rings. The fraction of sp³-hybridized carbons (Fsp3) is 0.0645. The Hall–Kier alpha value is -4.27. The number of aromatic nitrogens is 1. The summed E-state index contributed by atoms with van der Waals surface area (Å²) in [7, 11) is 0. The number of rotatable bonds is 8. The lowest BCUT2D eigenvalue weighted by molar-refractivity contribution is -0.115. The molecule has 0 saturated heterocycles. The van der Waals surface area contributed by atoms with Crippen molar-refractivity contribution in [1.82, 2.24) is 4.98 Å². The van der Waals surface area contributed by atoms with Crippen LogP contribution in [0.15, 0.2) is 114 Å². The van der Waals surface area contributed by atoms with E-state index in [1.165, 1.54) is 47.4 Å². The smallest absolute Gasteiger partial charge is 0.255 e. The Morgan fingerprint density at radius 2 is 1.54 bits per heavy atom. The third-order valence-corrected chi connectivity index (χ3v) is 8.00. The summed E-state index contributed by atoms with van der Waals surface area (Å²) < 4.78 is 13.2. The van der Waals surface area contributed by atoms with E-state index in [4.69, 9.17) is 4.98 Å². The second-order valence-electron chi connectivity index (χ2n) is 8.68. The average Bonchev–Trinajstić information content (AvgIpc) is 3.32. The highest BCUT2D eigenvalue weighted by Crippen LogP contribution is 2.38. The van der Waals surface area contributed by atoms with Gasteiger partial charge in [0.05, 0.1) is 5.69 Å². The van der Waals surface area contributed by atoms with Gasteiger partial charge in [0.1, 0.15) is 11.1 Å². The highest BCUT2D eigenvalue weighted by molar-refractivity contribution is 8.00. The summed E-state index contributed by atoms with van der Waals surface area (Å²) in [6.07, 6.45) is 0. The first-order valence-electron chi connectivity index (χ1n) is 12.2. The van der Waals surface area contributed by atoms with Crippen LogP contribution in [0.5, 0.6) is 0 Å². The van der Waals surface area contributed by atoms with Gasteiger partial charge in [-0.2, -0.15) is 0 Å². The topological polar surface area (TPSA) is 71.1 Å². The van der Waals surface area contributed by atoms with Gasteiger partial charge in [0, 0.05) is 26.6 Å². The first-order chi connectivity index (χ1) is 19.0. The number of thiazole rings is 1. The molecule has 1 heterocycles. The van der Waals surface area contributed by atoms with Crippen LogP contribution in [0.4, 0.5) is 15.2 Å². The van der Waals surface area contributed by atoms with Crippen molar-refractivity contribution >= 4 is 45.7 Å². The van der Waals surface area contributed by atoms with Crippen LogP contribution in [0, 0.1) is 12.7 Å². The predicted molar refractivity (Wildman–Crippen MR) is 157 cm³/mol. The van der Waals surface area contributed by atoms with Gasteiger partial charge in [0.2, 0.25) is 5.91 Å². The molecule has 2 amide bonds. The maximum atomic E-state index is 13.6. The van der Waals surface area contributed by atoms with Crippen molar-refractivity contribution in [3.63, 3.8) is 0 Å². The first kappa shape index (κ1) is 26.3. The average molecular weight is 554 g/mol. The van der Waals surface area contributed by atoms with Crippen molar-refractivity contribution in [3.05, 3.63) is 131 Å². The second kappa shape index (κ2) is 12.1. The SMILES string of the molecule is Cc1sc(NC(=O)C(Sc2cccc(NC(=O)c3ccc(F)cc3)c2)c2ccccc2)nc1-c1ccccc1. The van der Waals surface area contributed by atoms with E-state index in [0.717, 1.165) is 26.6 Å². The summed E-state index contributed by atoms with van der Waals surface area (Å²) >= 11 is 2.82. The molecule has 39 heavy (non-hydrogen) atoms. The van der Waals surface area contributed by atoms with E-state index in [-0.39, 0.29) is 11.8 Å². The molecular formula is C31H24FN3O2S2. The largest absolute Gasteiger partial charge is 0.322 e. The van der Waals surface area contributed by atoms with Gasteiger partial charge < -0.3 is 10.6 Å². The maximum absolute atomic E-state index is 13.6. The summed E-state index contributed by atoms with van der Waals surface area (Å²) in [6, 6.07) is 32.1. The standard InChI is InChI=1S/C31H24FN3O2S2/c1-20-27(21-9-4-2-5-10-21)34-31(38-20)35-30(37)28(22-11-6-3-7-12-22)39-26-14-8-13-25(19-26)33-29(36)23-15-17-24(32)18-16-23/h2-19,28H,1H3,(H,33,36)(H,34,35,37). The van der Waals surface area contributed by atoms with Crippen molar-refractivity contribution in [2.45, 2.75) is 17.1 Å². The third kappa shape index (κ3) is 6.60. The number of hydrogen-bond acceptors (Lipinski definition) is 5. The minimum atomic E-state index is -0.557. The van der Waals surface area contributed by atoms with Gasteiger partial charge in [-0.15, -0.1) is 23.1 Å². The molecule has 1 atom stereocenters. The summed E-state index contributed by atoms with van der Waals surface area (Å²) in [6.45, 7) is 1.99. The molecule has 0 aliphatic heterocycles. The number of thioether (sulfide) groups is 1. The fourth-order valence-electron chi connectivity index (χ4n) is 3.97. The zero-order valence-corrected chi connectivity index (χ0v) is 22.6. The number of amides is 2. The molecule has 5 aromatic rings. The number of benzene rings is 4. The highest BCUT2D eigenvalue weighted by atomic mass is 32.2. The van der Waals surface area contributed by atoms with E-state index in [0.29, 0.717) is 16.4 Å². The lowest BCUT2D eigenvalue weighted by Crippen LogP contribution is -2.19. The quantitative estimate of drug-likeness (QED) is 0.191. The molecule has 0 aliphatic rings. The Kier molecular flexibility index (Phi) is 8.15. The number of halogens is 1. The van der Waals surface area contributed by atoms with E-state index < -0.39 is 11.1 Å². The summed E-state index contributed by atoms with van der Waals surface area (Å²) in [5.41, 5.74) is 3.62. The maximum Gasteiger partial charge on any atom is 0.255 e. The van der Waals surface area contributed by atoms with Crippen LogP contribution in [-0.4, -0.2) is 16.8 Å². The monoisotopic (exact) mass is 553 g/mol. The van der Waals surface area contributed by atoms with E-state index >= 15 is 0 Å². The molecule has 4 aromatic carbocycles. The van der Waals surface area contributed by atoms with Gasteiger partial charge in [-0.25, -0.2) is 9.37 Å². The molecule has 0 radical (unpaired) electrons. The van der Waals surface area contributed by atoms with Gasteiger partial charge in [-0.3, -0.25) is 9.59 Å². The molecule has 8 heteroatoms. The van der Waals surface area contributed by atoms with Crippen LogP contribution in [0.3, 0.4) is 0 Å². The summed E-state index contributed by atoms with van der Waals surface area (Å²) in [5, 5.41) is 5.84. The number of anilines is 2. The van der Waals surface area contributed by atoms with Crippen molar-refractivity contribution in [2.75, 3.05) is 10.6 Å². The summed E-state index contributed by atoms with van der Waals surface area (Å²) in [4.78, 5) is 32.7. The van der Waals surface area contributed by atoms with Crippen molar-refractivity contribution in [3.8, 4) is 11.3 Å².